The van der Waals surface area contributed by atoms with E-state index in [1.165, 1.54) is 0 Å². The fraction of sp³-hybridized carbons (Fsp3) is 1.00. The zero-order valence-electron chi connectivity index (χ0n) is 12.0. The smallest absolute Gasteiger partial charge is 0.189 e. The molecule has 2 fully saturated rings. The summed E-state index contributed by atoms with van der Waals surface area (Å²) < 4.78 is 15.9. The molecule has 0 saturated carbocycles. The molecule has 0 aromatic rings. The molecule has 0 radical (unpaired) electrons. The zero-order valence-corrected chi connectivity index (χ0v) is 13.8. The van der Waals surface area contributed by atoms with Gasteiger partial charge in [-0.1, -0.05) is 0 Å². The van der Waals surface area contributed by atoms with Gasteiger partial charge in [0.15, 0.2) is 12.6 Å². The lowest BCUT2D eigenvalue weighted by Gasteiger charge is -2.44. The molecule has 0 spiro atoms. The molecule has 0 aromatic heterocycles. The van der Waals surface area contributed by atoms with E-state index < -0.39 is 61.4 Å². The van der Waals surface area contributed by atoms with Crippen LogP contribution in [0.1, 0.15) is 0 Å². The van der Waals surface area contributed by atoms with Crippen molar-refractivity contribution in [3.05, 3.63) is 0 Å². The molecule has 136 valence electrons. The number of rotatable bonds is 4. The van der Waals surface area contributed by atoms with E-state index in [4.69, 9.17) is 14.2 Å². The number of ether oxygens (including phenoxy) is 3. The molecule has 2 saturated heterocycles. The van der Waals surface area contributed by atoms with Crippen molar-refractivity contribution in [2.24, 2.45) is 0 Å². The van der Waals surface area contributed by atoms with Crippen LogP contribution in [0.15, 0.2) is 0 Å². The number of thiol groups is 2. The molecule has 2 rings (SSSR count). The Balaban J connectivity index is 2.07. The van der Waals surface area contributed by atoms with Crippen LogP contribution in [-0.2, 0) is 14.2 Å². The number of hydrogen-bond acceptors (Lipinski definition) is 11. The Hall–Kier alpha value is 0.340. The second-order valence-corrected chi connectivity index (χ2v) is 6.26. The third-order valence-electron chi connectivity index (χ3n) is 3.97. The maximum Gasteiger partial charge on any atom is 0.189 e. The van der Waals surface area contributed by atoms with E-state index in [2.05, 4.69) is 25.3 Å². The third kappa shape index (κ3) is 3.96. The Morgan fingerprint density at radius 2 is 0.957 bits per heavy atom. The first-order chi connectivity index (χ1) is 10.8. The van der Waals surface area contributed by atoms with Crippen molar-refractivity contribution < 1.29 is 44.8 Å². The summed E-state index contributed by atoms with van der Waals surface area (Å²) in [5.41, 5.74) is 0. The highest BCUT2D eigenvalue weighted by molar-refractivity contribution is 7.80. The van der Waals surface area contributed by atoms with Crippen molar-refractivity contribution in [1.29, 1.82) is 0 Å². The lowest BCUT2D eigenvalue weighted by molar-refractivity contribution is -0.369. The third-order valence-corrected chi connectivity index (χ3v) is 4.68. The van der Waals surface area contributed by atoms with Gasteiger partial charge in [0.25, 0.3) is 0 Å². The van der Waals surface area contributed by atoms with E-state index in [1.54, 1.807) is 0 Å². The minimum absolute atomic E-state index is 0.0550. The van der Waals surface area contributed by atoms with Gasteiger partial charge in [-0.05, 0) is 0 Å². The second-order valence-electron chi connectivity index (χ2n) is 5.53. The monoisotopic (exact) mass is 374 g/mol. The Bertz CT molecular complexity index is 352. The van der Waals surface area contributed by atoms with Crippen molar-refractivity contribution in [1.82, 2.24) is 0 Å². The normalized spacial score (nSPS) is 51.7. The van der Waals surface area contributed by atoms with Crippen LogP contribution in [0.2, 0.25) is 0 Å². The molecule has 23 heavy (non-hydrogen) atoms. The molecule has 2 aliphatic heterocycles. The fourth-order valence-corrected chi connectivity index (χ4v) is 3.10. The summed E-state index contributed by atoms with van der Waals surface area (Å²) >= 11 is 7.95. The number of aliphatic hydroxyl groups excluding tert-OH is 6. The molecule has 0 bridgehead atoms. The van der Waals surface area contributed by atoms with Crippen LogP contribution in [0.4, 0.5) is 0 Å². The number of hydrogen-bond donors (Lipinski definition) is 8. The van der Waals surface area contributed by atoms with Gasteiger partial charge in [0.2, 0.25) is 0 Å². The predicted octanol–water partition coefficient (Wildman–Crippen LogP) is -3.52. The first kappa shape index (κ1) is 19.7. The highest BCUT2D eigenvalue weighted by Crippen LogP contribution is 2.28. The molecule has 2 heterocycles. The Morgan fingerprint density at radius 3 is 1.26 bits per heavy atom. The standard InChI is InChI=1S/C12H22O9S2/c13-5-3(1-22)19-11(9(17)7(5)15)21-12-10(18)8(16)6(14)4(2-23)20-12/h3-18,22-23H,1-2H2/t3?,4?,5-,6-,7+,8?,9?,10?,11-,12-/m1/s1. The van der Waals surface area contributed by atoms with Crippen LogP contribution < -0.4 is 0 Å². The maximum absolute atomic E-state index is 9.93. The minimum atomic E-state index is -1.60. The van der Waals surface area contributed by atoms with E-state index >= 15 is 0 Å². The van der Waals surface area contributed by atoms with Gasteiger partial charge in [-0.3, -0.25) is 0 Å². The van der Waals surface area contributed by atoms with E-state index in [1.807, 2.05) is 0 Å². The summed E-state index contributed by atoms with van der Waals surface area (Å²) in [4.78, 5) is 0. The Morgan fingerprint density at radius 1 is 0.609 bits per heavy atom. The van der Waals surface area contributed by atoms with Gasteiger partial charge in [-0.25, -0.2) is 0 Å². The van der Waals surface area contributed by atoms with Crippen molar-refractivity contribution in [2.45, 2.75) is 61.4 Å². The molecule has 11 heteroatoms. The van der Waals surface area contributed by atoms with E-state index in [-0.39, 0.29) is 11.5 Å². The largest absolute Gasteiger partial charge is 0.388 e. The van der Waals surface area contributed by atoms with Crippen LogP contribution in [0.3, 0.4) is 0 Å². The number of aliphatic hydroxyl groups is 6. The van der Waals surface area contributed by atoms with Crippen LogP contribution in [0, 0.1) is 0 Å². The molecular formula is C12H22O9S2. The second kappa shape index (κ2) is 8.15. The predicted molar refractivity (Wildman–Crippen MR) is 82.2 cm³/mol. The molecule has 2 aliphatic rings. The maximum atomic E-state index is 9.93. The molecule has 9 nitrogen and oxygen atoms in total. The van der Waals surface area contributed by atoms with Gasteiger partial charge in [0, 0.05) is 11.5 Å². The van der Waals surface area contributed by atoms with Crippen LogP contribution in [0.25, 0.3) is 0 Å². The molecule has 10 atom stereocenters. The lowest BCUT2D eigenvalue weighted by atomic mass is 9.98. The topological polar surface area (TPSA) is 149 Å². The van der Waals surface area contributed by atoms with Crippen LogP contribution >= 0.6 is 25.3 Å². The van der Waals surface area contributed by atoms with E-state index in [0.717, 1.165) is 0 Å². The molecule has 0 aliphatic carbocycles. The highest BCUT2D eigenvalue weighted by atomic mass is 32.1. The lowest BCUT2D eigenvalue weighted by Crippen LogP contribution is -2.63. The van der Waals surface area contributed by atoms with Gasteiger partial charge in [-0.2, -0.15) is 25.3 Å². The summed E-state index contributed by atoms with van der Waals surface area (Å²) in [5.74, 6) is 0.110. The molecule has 0 aromatic carbocycles. The van der Waals surface area contributed by atoms with E-state index in [0.29, 0.717) is 0 Å². The van der Waals surface area contributed by atoms with Crippen molar-refractivity contribution in [3.63, 3.8) is 0 Å². The van der Waals surface area contributed by atoms with Gasteiger partial charge < -0.3 is 44.8 Å². The van der Waals surface area contributed by atoms with Crippen molar-refractivity contribution >= 4 is 25.3 Å². The first-order valence-electron chi connectivity index (χ1n) is 7.08. The van der Waals surface area contributed by atoms with Crippen molar-refractivity contribution in [3.8, 4) is 0 Å². The zero-order chi connectivity index (χ0) is 17.3. The van der Waals surface area contributed by atoms with Crippen molar-refractivity contribution in [2.75, 3.05) is 11.5 Å². The van der Waals surface area contributed by atoms with Crippen LogP contribution in [-0.4, -0.2) is 104 Å². The van der Waals surface area contributed by atoms with Gasteiger partial charge >= 0.3 is 0 Å². The average molecular weight is 374 g/mol. The highest BCUT2D eigenvalue weighted by Gasteiger charge is 2.49. The summed E-state index contributed by atoms with van der Waals surface area (Å²) in [6.45, 7) is 0. The fourth-order valence-electron chi connectivity index (χ4n) is 2.49. The summed E-state index contributed by atoms with van der Waals surface area (Å²) in [6.07, 6.45) is -13.6. The average Bonchev–Trinajstić information content (AvgIpc) is 2.55. The first-order valence-corrected chi connectivity index (χ1v) is 8.34. The SMILES string of the molecule is OC1C(O)[C@H](O)C(CS)O[C@@H]1O[C@H]1OC(CS)[C@@H](O)[C@H](O)C1O. The van der Waals surface area contributed by atoms with Gasteiger partial charge in [-0.15, -0.1) is 0 Å². The van der Waals surface area contributed by atoms with Gasteiger partial charge in [0.1, 0.15) is 36.6 Å². The minimum Gasteiger partial charge on any atom is -0.388 e. The van der Waals surface area contributed by atoms with Gasteiger partial charge in [0.05, 0.1) is 12.2 Å². The molecular weight excluding hydrogens is 352 g/mol. The quantitative estimate of drug-likeness (QED) is 0.234. The molecule has 6 N–H and O–H groups in total. The summed E-state index contributed by atoms with van der Waals surface area (Å²) in [6, 6.07) is 0. The summed E-state index contributed by atoms with van der Waals surface area (Å²) in [7, 11) is 0. The van der Waals surface area contributed by atoms with Crippen LogP contribution in [0.5, 0.6) is 0 Å². The summed E-state index contributed by atoms with van der Waals surface area (Å²) in [5, 5.41) is 58.9. The van der Waals surface area contributed by atoms with E-state index in [9.17, 15) is 30.6 Å². The molecule has 5 unspecified atom stereocenters. The Kier molecular flexibility index (Phi) is 6.96. The Labute approximate surface area is 143 Å². The molecule has 0 amide bonds.